The van der Waals surface area contributed by atoms with Crippen molar-refractivity contribution in [3.8, 4) is 0 Å². The molecule has 0 saturated carbocycles. The van der Waals surface area contributed by atoms with Crippen molar-refractivity contribution in [2.24, 2.45) is 0 Å². The minimum Gasteiger partial charge on any atom is -0.417 e. The van der Waals surface area contributed by atoms with E-state index < -0.39 is 8.32 Å². The summed E-state index contributed by atoms with van der Waals surface area (Å²) in [5.74, 6) is 0. The third-order valence-corrected chi connectivity index (χ3v) is 9.72. The summed E-state index contributed by atoms with van der Waals surface area (Å²) in [6.45, 7) is 15.0. The maximum atomic E-state index is 12.4. The van der Waals surface area contributed by atoms with Crippen LogP contribution in [-0.2, 0) is 13.9 Å². The zero-order valence-electron chi connectivity index (χ0n) is 16.6. The molecule has 0 aliphatic carbocycles. The van der Waals surface area contributed by atoms with Crippen LogP contribution in [0.25, 0.3) is 0 Å². The van der Waals surface area contributed by atoms with Gasteiger partial charge in [-0.05, 0) is 24.6 Å². The number of carbonyl (C=O) groups excluding carboxylic acids is 1. The predicted molar refractivity (Wildman–Crippen MR) is 98.7 cm³/mol. The topological polar surface area (TPSA) is 51.2 Å². The number of carbonyl (C=O) groups is 1. The SMILES string of the molecule is COC(CCN1CCN(CCCO[Si](C)(C)C(C)(C)C)C1=O)OC. The van der Waals surface area contributed by atoms with Crippen LogP contribution >= 0.6 is 0 Å². The van der Waals surface area contributed by atoms with Crippen molar-refractivity contribution in [2.75, 3.05) is 47.0 Å². The zero-order chi connectivity index (χ0) is 18.4. The summed E-state index contributed by atoms with van der Waals surface area (Å²) in [6, 6.07) is 0.119. The van der Waals surface area contributed by atoms with Gasteiger partial charge in [-0.3, -0.25) is 0 Å². The van der Waals surface area contributed by atoms with Gasteiger partial charge in [0.25, 0.3) is 0 Å². The highest BCUT2D eigenvalue weighted by Crippen LogP contribution is 2.36. The molecule has 1 aliphatic heterocycles. The number of urea groups is 1. The molecule has 0 bridgehead atoms. The summed E-state index contributed by atoms with van der Waals surface area (Å²) in [4.78, 5) is 16.2. The molecule has 1 saturated heterocycles. The van der Waals surface area contributed by atoms with Gasteiger partial charge in [0.1, 0.15) is 0 Å². The van der Waals surface area contributed by atoms with Gasteiger partial charge in [0.15, 0.2) is 14.6 Å². The molecule has 142 valence electrons. The summed E-state index contributed by atoms with van der Waals surface area (Å²) in [5, 5.41) is 0.229. The lowest BCUT2D eigenvalue weighted by Gasteiger charge is -2.36. The fourth-order valence-corrected chi connectivity index (χ4v) is 3.53. The highest BCUT2D eigenvalue weighted by molar-refractivity contribution is 6.74. The molecule has 0 N–H and O–H groups in total. The van der Waals surface area contributed by atoms with Crippen LogP contribution in [0.4, 0.5) is 4.79 Å². The normalized spacial score (nSPS) is 16.6. The van der Waals surface area contributed by atoms with Gasteiger partial charge in [-0.25, -0.2) is 4.79 Å². The molecule has 1 rings (SSSR count). The van der Waals surface area contributed by atoms with E-state index in [0.717, 1.165) is 32.7 Å². The van der Waals surface area contributed by atoms with E-state index in [1.807, 2.05) is 9.80 Å². The first-order valence-electron chi connectivity index (χ1n) is 8.86. The summed E-state index contributed by atoms with van der Waals surface area (Å²) < 4.78 is 16.5. The number of methoxy groups -OCH3 is 2. The molecule has 7 heteroatoms. The van der Waals surface area contributed by atoms with Crippen molar-refractivity contribution in [2.45, 2.75) is 58.0 Å². The summed E-state index contributed by atoms with van der Waals surface area (Å²) >= 11 is 0. The minimum absolute atomic E-state index is 0.119. The van der Waals surface area contributed by atoms with E-state index in [-0.39, 0.29) is 17.4 Å². The van der Waals surface area contributed by atoms with E-state index in [4.69, 9.17) is 13.9 Å². The standard InChI is InChI=1S/C17H36N2O4Si/c1-17(2,3)24(6,7)23-14-8-10-18-12-13-19(16(18)20)11-9-15(21-4)22-5/h15H,8-14H2,1-7H3. The molecular weight excluding hydrogens is 324 g/mol. The monoisotopic (exact) mass is 360 g/mol. The van der Waals surface area contributed by atoms with E-state index in [1.165, 1.54) is 0 Å². The number of nitrogens with zero attached hydrogens (tertiary/aromatic N) is 2. The Bertz CT molecular complexity index is 395. The van der Waals surface area contributed by atoms with Crippen molar-refractivity contribution in [1.82, 2.24) is 9.80 Å². The Morgan fingerprint density at radius 1 is 1.08 bits per heavy atom. The van der Waals surface area contributed by atoms with Crippen LogP contribution in [0.3, 0.4) is 0 Å². The Hall–Kier alpha value is -0.633. The molecule has 0 aromatic rings. The molecule has 1 fully saturated rings. The number of ether oxygens (including phenoxy) is 2. The van der Waals surface area contributed by atoms with Gasteiger partial charge in [-0.15, -0.1) is 0 Å². The molecule has 0 aromatic heterocycles. The molecule has 0 radical (unpaired) electrons. The fourth-order valence-electron chi connectivity index (χ4n) is 2.44. The quantitative estimate of drug-likeness (QED) is 0.341. The van der Waals surface area contributed by atoms with Crippen LogP contribution in [0.15, 0.2) is 0 Å². The van der Waals surface area contributed by atoms with Crippen molar-refractivity contribution in [1.29, 1.82) is 0 Å². The van der Waals surface area contributed by atoms with Gasteiger partial charge in [0.2, 0.25) is 0 Å². The molecule has 1 aliphatic rings. The number of amides is 2. The Morgan fingerprint density at radius 2 is 1.62 bits per heavy atom. The number of hydrogen-bond donors (Lipinski definition) is 0. The molecular formula is C17H36N2O4Si. The molecule has 24 heavy (non-hydrogen) atoms. The van der Waals surface area contributed by atoms with Gasteiger partial charge >= 0.3 is 6.03 Å². The Balaban J connectivity index is 2.29. The lowest BCUT2D eigenvalue weighted by Crippen LogP contribution is -2.41. The van der Waals surface area contributed by atoms with Crippen LogP contribution in [0.2, 0.25) is 18.1 Å². The Labute approximate surface area is 148 Å². The third-order valence-electron chi connectivity index (χ3n) is 5.18. The predicted octanol–water partition coefficient (Wildman–Crippen LogP) is 3.14. The molecule has 0 atom stereocenters. The summed E-state index contributed by atoms with van der Waals surface area (Å²) in [7, 11) is 1.55. The number of hydrogen-bond acceptors (Lipinski definition) is 4. The van der Waals surface area contributed by atoms with Gasteiger partial charge in [-0.1, -0.05) is 20.8 Å². The first-order chi connectivity index (χ1) is 11.1. The second-order valence-corrected chi connectivity index (χ2v) is 12.7. The largest absolute Gasteiger partial charge is 0.417 e. The van der Waals surface area contributed by atoms with E-state index >= 15 is 0 Å². The maximum absolute atomic E-state index is 12.4. The molecule has 2 amide bonds. The van der Waals surface area contributed by atoms with Crippen LogP contribution < -0.4 is 0 Å². The Kier molecular flexibility index (Phi) is 8.18. The van der Waals surface area contributed by atoms with Crippen molar-refractivity contribution >= 4 is 14.3 Å². The fraction of sp³-hybridized carbons (Fsp3) is 0.941. The van der Waals surface area contributed by atoms with Crippen molar-refractivity contribution in [3.63, 3.8) is 0 Å². The van der Waals surface area contributed by atoms with E-state index in [0.29, 0.717) is 13.0 Å². The van der Waals surface area contributed by atoms with Crippen molar-refractivity contribution < 1.29 is 18.7 Å². The molecule has 0 aromatic carbocycles. The van der Waals surface area contributed by atoms with Crippen LogP contribution in [0.1, 0.15) is 33.6 Å². The van der Waals surface area contributed by atoms with Gasteiger partial charge in [0, 0.05) is 53.4 Å². The minimum atomic E-state index is -1.69. The molecule has 0 unspecified atom stereocenters. The van der Waals surface area contributed by atoms with Gasteiger partial charge in [0.05, 0.1) is 0 Å². The summed E-state index contributed by atoms with van der Waals surface area (Å²) in [6.07, 6.45) is 1.34. The average Bonchev–Trinajstić information content (AvgIpc) is 2.84. The van der Waals surface area contributed by atoms with Crippen LogP contribution in [0.5, 0.6) is 0 Å². The molecule has 0 spiro atoms. The Morgan fingerprint density at radius 3 is 2.12 bits per heavy atom. The van der Waals surface area contributed by atoms with Crippen molar-refractivity contribution in [3.05, 3.63) is 0 Å². The van der Waals surface area contributed by atoms with E-state index in [2.05, 4.69) is 33.9 Å². The highest BCUT2D eigenvalue weighted by Gasteiger charge is 2.37. The smallest absolute Gasteiger partial charge is 0.320 e. The zero-order valence-corrected chi connectivity index (χ0v) is 17.6. The van der Waals surface area contributed by atoms with Gasteiger partial charge in [-0.2, -0.15) is 0 Å². The van der Waals surface area contributed by atoms with Gasteiger partial charge < -0.3 is 23.7 Å². The second-order valence-electron chi connectivity index (χ2n) is 7.91. The highest BCUT2D eigenvalue weighted by atomic mass is 28.4. The first kappa shape index (κ1) is 21.4. The van der Waals surface area contributed by atoms with E-state index in [1.54, 1.807) is 14.2 Å². The van der Waals surface area contributed by atoms with Crippen LogP contribution in [-0.4, -0.2) is 77.4 Å². The molecule has 6 nitrogen and oxygen atoms in total. The second kappa shape index (κ2) is 9.17. The maximum Gasteiger partial charge on any atom is 0.320 e. The third kappa shape index (κ3) is 6.02. The lowest BCUT2D eigenvalue weighted by atomic mass is 10.2. The van der Waals surface area contributed by atoms with Crippen LogP contribution in [0, 0.1) is 0 Å². The first-order valence-corrected chi connectivity index (χ1v) is 11.8. The van der Waals surface area contributed by atoms with E-state index in [9.17, 15) is 4.79 Å². The summed E-state index contributed by atoms with van der Waals surface area (Å²) in [5.41, 5.74) is 0. The molecule has 1 heterocycles. The average molecular weight is 361 g/mol. The lowest BCUT2D eigenvalue weighted by molar-refractivity contribution is -0.107. The number of rotatable bonds is 10.